The van der Waals surface area contributed by atoms with Crippen molar-refractivity contribution in [2.75, 3.05) is 7.11 Å². The molecule has 0 atom stereocenters. The van der Waals surface area contributed by atoms with Crippen LogP contribution in [0.1, 0.15) is 43.2 Å². The molecule has 0 heterocycles. The van der Waals surface area contributed by atoms with Crippen molar-refractivity contribution in [2.24, 2.45) is 5.92 Å². The molecular formula is C17H24FNO3. The van der Waals surface area contributed by atoms with Crippen molar-refractivity contribution in [3.63, 3.8) is 0 Å². The molecule has 1 aromatic carbocycles. The van der Waals surface area contributed by atoms with Gasteiger partial charge in [-0.25, -0.2) is 4.39 Å². The molecule has 1 aromatic rings. The van der Waals surface area contributed by atoms with Gasteiger partial charge in [-0.1, -0.05) is 6.07 Å². The smallest absolute Gasteiger partial charge is 0.220 e. The molecule has 1 aliphatic carbocycles. The van der Waals surface area contributed by atoms with E-state index < -0.39 is 5.82 Å². The Morgan fingerprint density at radius 3 is 2.73 bits per heavy atom. The summed E-state index contributed by atoms with van der Waals surface area (Å²) in [6, 6.07) is 4.52. The van der Waals surface area contributed by atoms with E-state index in [1.807, 2.05) is 0 Å². The van der Waals surface area contributed by atoms with Gasteiger partial charge in [0.05, 0.1) is 12.7 Å². The van der Waals surface area contributed by atoms with Crippen LogP contribution in [0.2, 0.25) is 0 Å². The molecule has 0 unspecified atom stereocenters. The lowest BCUT2D eigenvalue weighted by Gasteiger charge is -2.27. The Labute approximate surface area is 130 Å². The predicted octanol–water partition coefficient (Wildman–Crippen LogP) is 2.53. The van der Waals surface area contributed by atoms with Crippen LogP contribution in [0, 0.1) is 11.7 Å². The first-order valence-electron chi connectivity index (χ1n) is 7.80. The van der Waals surface area contributed by atoms with E-state index in [1.165, 1.54) is 6.07 Å². The summed E-state index contributed by atoms with van der Waals surface area (Å²) in [5.41, 5.74) is 1.05. The van der Waals surface area contributed by atoms with Gasteiger partial charge < -0.3 is 15.2 Å². The van der Waals surface area contributed by atoms with E-state index in [4.69, 9.17) is 9.84 Å². The Hall–Kier alpha value is -1.46. The van der Waals surface area contributed by atoms with Crippen LogP contribution in [0.5, 0.6) is 0 Å². The van der Waals surface area contributed by atoms with E-state index in [2.05, 4.69) is 5.32 Å². The molecule has 5 heteroatoms. The Balaban J connectivity index is 1.76. The molecule has 0 aromatic heterocycles. The van der Waals surface area contributed by atoms with E-state index in [-0.39, 0.29) is 18.1 Å². The van der Waals surface area contributed by atoms with Gasteiger partial charge in [-0.05, 0) is 49.3 Å². The standard InChI is InChI=1S/C17H24FNO3/c1-22-15-5-2-12(3-6-15)9-17(21)19-10-13-4-7-16(18)14(8-13)11-20/h4,7-8,12,15,20H,2-3,5-6,9-11H2,1H3,(H,19,21). The fourth-order valence-electron chi connectivity index (χ4n) is 2.97. The molecule has 0 radical (unpaired) electrons. The van der Waals surface area contributed by atoms with Crippen molar-refractivity contribution in [1.29, 1.82) is 0 Å². The first kappa shape index (κ1) is 16.9. The summed E-state index contributed by atoms with van der Waals surface area (Å²) in [7, 11) is 1.74. The average molecular weight is 309 g/mol. The topological polar surface area (TPSA) is 58.6 Å². The maximum atomic E-state index is 13.3. The van der Waals surface area contributed by atoms with E-state index in [9.17, 15) is 9.18 Å². The molecule has 22 heavy (non-hydrogen) atoms. The van der Waals surface area contributed by atoms with Gasteiger partial charge in [0.15, 0.2) is 0 Å². The number of hydrogen-bond donors (Lipinski definition) is 2. The van der Waals surface area contributed by atoms with Gasteiger partial charge >= 0.3 is 0 Å². The second kappa shape index (κ2) is 8.25. The Kier molecular flexibility index (Phi) is 6.34. The van der Waals surface area contributed by atoms with Crippen LogP contribution >= 0.6 is 0 Å². The third-order valence-corrected chi connectivity index (χ3v) is 4.37. The summed E-state index contributed by atoms with van der Waals surface area (Å²) in [6.07, 6.45) is 4.97. The zero-order valence-corrected chi connectivity index (χ0v) is 13.0. The molecule has 0 bridgehead atoms. The van der Waals surface area contributed by atoms with Crippen LogP contribution in [0.15, 0.2) is 18.2 Å². The van der Waals surface area contributed by atoms with Crippen molar-refractivity contribution in [3.8, 4) is 0 Å². The molecule has 0 aliphatic heterocycles. The van der Waals surface area contributed by atoms with Gasteiger partial charge in [-0.3, -0.25) is 4.79 Å². The molecule has 1 fully saturated rings. The number of nitrogens with one attached hydrogen (secondary N) is 1. The molecule has 1 saturated carbocycles. The zero-order valence-electron chi connectivity index (χ0n) is 13.0. The highest BCUT2D eigenvalue weighted by Crippen LogP contribution is 2.28. The van der Waals surface area contributed by atoms with Gasteiger partial charge in [0.1, 0.15) is 5.82 Å². The van der Waals surface area contributed by atoms with Crippen molar-refractivity contribution in [1.82, 2.24) is 5.32 Å². The van der Waals surface area contributed by atoms with E-state index in [1.54, 1.807) is 19.2 Å². The van der Waals surface area contributed by atoms with Crippen molar-refractivity contribution in [3.05, 3.63) is 35.1 Å². The van der Waals surface area contributed by atoms with E-state index in [0.717, 1.165) is 31.2 Å². The fraction of sp³-hybridized carbons (Fsp3) is 0.588. The summed E-state index contributed by atoms with van der Waals surface area (Å²) in [6.45, 7) is 0.0237. The van der Waals surface area contributed by atoms with Crippen LogP contribution in [0.4, 0.5) is 4.39 Å². The number of hydrogen-bond acceptors (Lipinski definition) is 3. The van der Waals surface area contributed by atoms with Crippen molar-refractivity contribution in [2.45, 2.75) is 51.4 Å². The van der Waals surface area contributed by atoms with Crippen LogP contribution in [0.25, 0.3) is 0 Å². The second-order valence-electron chi connectivity index (χ2n) is 5.94. The maximum Gasteiger partial charge on any atom is 0.220 e. The third kappa shape index (κ3) is 4.78. The van der Waals surface area contributed by atoms with Gasteiger partial charge in [0.25, 0.3) is 0 Å². The van der Waals surface area contributed by atoms with Crippen LogP contribution < -0.4 is 5.32 Å². The molecule has 1 amide bonds. The van der Waals surface area contributed by atoms with Gasteiger partial charge in [0.2, 0.25) is 5.91 Å². The molecule has 122 valence electrons. The number of benzene rings is 1. The SMILES string of the molecule is COC1CCC(CC(=O)NCc2ccc(F)c(CO)c2)CC1. The third-order valence-electron chi connectivity index (χ3n) is 4.37. The minimum Gasteiger partial charge on any atom is -0.392 e. The molecule has 4 nitrogen and oxygen atoms in total. The monoisotopic (exact) mass is 309 g/mol. The Bertz CT molecular complexity index is 499. The highest BCUT2D eigenvalue weighted by molar-refractivity contribution is 5.76. The van der Waals surface area contributed by atoms with Crippen LogP contribution in [-0.4, -0.2) is 24.2 Å². The number of carbonyl (C=O) groups is 1. The Morgan fingerprint density at radius 1 is 1.36 bits per heavy atom. The van der Waals surface area contributed by atoms with Crippen molar-refractivity contribution < 1.29 is 19.0 Å². The predicted molar refractivity (Wildman–Crippen MR) is 81.5 cm³/mol. The summed E-state index contributed by atoms with van der Waals surface area (Å²) in [4.78, 5) is 12.0. The molecule has 0 saturated heterocycles. The zero-order chi connectivity index (χ0) is 15.9. The van der Waals surface area contributed by atoms with Gasteiger partial charge in [-0.2, -0.15) is 0 Å². The number of amides is 1. The highest BCUT2D eigenvalue weighted by atomic mass is 19.1. The summed E-state index contributed by atoms with van der Waals surface area (Å²) in [5, 5.41) is 11.9. The number of rotatable bonds is 6. The van der Waals surface area contributed by atoms with Gasteiger partial charge in [0, 0.05) is 25.6 Å². The number of methoxy groups -OCH3 is 1. The van der Waals surface area contributed by atoms with E-state index >= 15 is 0 Å². The minimum absolute atomic E-state index is 0.0238. The lowest BCUT2D eigenvalue weighted by Crippen LogP contribution is -2.28. The Morgan fingerprint density at radius 2 is 2.09 bits per heavy atom. The van der Waals surface area contributed by atoms with E-state index in [0.29, 0.717) is 25.0 Å². The fourth-order valence-corrected chi connectivity index (χ4v) is 2.97. The first-order valence-corrected chi connectivity index (χ1v) is 7.80. The van der Waals surface area contributed by atoms with Crippen molar-refractivity contribution >= 4 is 5.91 Å². The normalized spacial score (nSPS) is 21.6. The average Bonchev–Trinajstić information content (AvgIpc) is 2.55. The first-order chi connectivity index (χ1) is 10.6. The van der Waals surface area contributed by atoms with Crippen LogP contribution in [-0.2, 0) is 22.7 Å². The van der Waals surface area contributed by atoms with Crippen LogP contribution in [0.3, 0.4) is 0 Å². The van der Waals surface area contributed by atoms with Gasteiger partial charge in [-0.15, -0.1) is 0 Å². The molecule has 2 rings (SSSR count). The lowest BCUT2D eigenvalue weighted by atomic mass is 9.85. The number of aliphatic hydroxyl groups is 1. The largest absolute Gasteiger partial charge is 0.392 e. The number of ether oxygens (including phenoxy) is 1. The molecular weight excluding hydrogens is 285 g/mol. The quantitative estimate of drug-likeness (QED) is 0.849. The summed E-state index contributed by atoms with van der Waals surface area (Å²) < 4.78 is 18.6. The second-order valence-corrected chi connectivity index (χ2v) is 5.94. The molecule has 2 N–H and O–H groups in total. The number of aliphatic hydroxyl groups excluding tert-OH is 1. The number of carbonyl (C=O) groups excluding carboxylic acids is 1. The number of halogens is 1. The maximum absolute atomic E-state index is 13.3. The molecule has 0 spiro atoms. The summed E-state index contributed by atoms with van der Waals surface area (Å²) in [5.74, 6) is 0.0239. The lowest BCUT2D eigenvalue weighted by molar-refractivity contribution is -0.122. The summed E-state index contributed by atoms with van der Waals surface area (Å²) >= 11 is 0. The molecule has 1 aliphatic rings. The highest BCUT2D eigenvalue weighted by Gasteiger charge is 2.22. The minimum atomic E-state index is -0.424.